The highest BCUT2D eigenvalue weighted by atomic mass is 16.1. The summed E-state index contributed by atoms with van der Waals surface area (Å²) >= 11 is 0. The first kappa shape index (κ1) is 12.8. The van der Waals surface area contributed by atoms with Crippen LogP contribution in [0, 0.1) is 0 Å². The summed E-state index contributed by atoms with van der Waals surface area (Å²) in [6.07, 6.45) is 9.65. The molecule has 1 amide bonds. The van der Waals surface area contributed by atoms with Crippen LogP contribution in [0.1, 0.15) is 19.3 Å². The summed E-state index contributed by atoms with van der Waals surface area (Å²) in [5.74, 6) is 0. The largest absolute Gasteiger partial charge is 0.340 e. The van der Waals surface area contributed by atoms with Crippen LogP contribution in [0.5, 0.6) is 0 Å². The van der Waals surface area contributed by atoms with E-state index in [0.29, 0.717) is 6.54 Å². The van der Waals surface area contributed by atoms with Crippen molar-refractivity contribution in [2.45, 2.75) is 31.8 Å². The second kappa shape index (κ2) is 5.81. The quantitative estimate of drug-likeness (QED) is 0.787. The van der Waals surface area contributed by atoms with E-state index in [-0.39, 0.29) is 6.04 Å². The molecule has 6 nitrogen and oxygen atoms in total. The molecule has 0 saturated carbocycles. The van der Waals surface area contributed by atoms with Gasteiger partial charge in [0.2, 0.25) is 6.41 Å². The van der Waals surface area contributed by atoms with E-state index >= 15 is 0 Å². The number of piperidine rings is 1. The van der Waals surface area contributed by atoms with Crippen LogP contribution in [0.25, 0.3) is 11.3 Å². The predicted molar refractivity (Wildman–Crippen MR) is 73.7 cm³/mol. The number of pyridine rings is 1. The summed E-state index contributed by atoms with van der Waals surface area (Å²) in [6, 6.07) is 4.06. The number of carbonyl (C=O) groups excluding carboxylic acids is 1. The van der Waals surface area contributed by atoms with Gasteiger partial charge in [-0.3, -0.25) is 9.78 Å². The summed E-state index contributed by atoms with van der Waals surface area (Å²) in [5, 5.41) is 8.32. The highest BCUT2D eigenvalue weighted by Crippen LogP contribution is 2.18. The van der Waals surface area contributed by atoms with E-state index in [4.69, 9.17) is 0 Å². The van der Waals surface area contributed by atoms with Gasteiger partial charge in [0.1, 0.15) is 5.69 Å². The maximum atomic E-state index is 11.1. The molecule has 20 heavy (non-hydrogen) atoms. The maximum Gasteiger partial charge on any atom is 0.210 e. The molecule has 1 unspecified atom stereocenters. The van der Waals surface area contributed by atoms with Crippen LogP contribution in [0.2, 0.25) is 0 Å². The highest BCUT2D eigenvalue weighted by Gasteiger charge is 2.21. The van der Waals surface area contributed by atoms with E-state index in [1.165, 1.54) is 6.42 Å². The molecule has 0 aliphatic carbocycles. The minimum Gasteiger partial charge on any atom is -0.340 e. The molecule has 1 fully saturated rings. The molecule has 3 heterocycles. The zero-order chi connectivity index (χ0) is 13.8. The van der Waals surface area contributed by atoms with Crippen molar-refractivity contribution in [1.82, 2.24) is 24.9 Å². The van der Waals surface area contributed by atoms with Gasteiger partial charge >= 0.3 is 0 Å². The van der Waals surface area contributed by atoms with Gasteiger partial charge in [-0.1, -0.05) is 5.21 Å². The van der Waals surface area contributed by atoms with Crippen molar-refractivity contribution in [3.05, 3.63) is 30.7 Å². The van der Waals surface area contributed by atoms with Gasteiger partial charge in [-0.15, -0.1) is 5.10 Å². The minimum absolute atomic E-state index is 0.227. The van der Waals surface area contributed by atoms with E-state index in [1.54, 1.807) is 12.4 Å². The third-order valence-electron chi connectivity index (χ3n) is 3.70. The molecule has 1 atom stereocenters. The fraction of sp³-hybridized carbons (Fsp3) is 0.429. The monoisotopic (exact) mass is 271 g/mol. The number of nitrogens with zero attached hydrogens (tertiary/aromatic N) is 5. The first-order chi connectivity index (χ1) is 9.86. The molecule has 104 valence electrons. The van der Waals surface area contributed by atoms with Crippen LogP contribution in [-0.4, -0.2) is 43.9 Å². The molecule has 0 N–H and O–H groups in total. The molecular weight excluding hydrogens is 254 g/mol. The predicted octanol–water partition coefficient (Wildman–Crippen LogP) is 1.35. The molecule has 2 aromatic rings. The van der Waals surface area contributed by atoms with Gasteiger partial charge in [-0.2, -0.15) is 0 Å². The molecule has 0 aromatic carbocycles. The number of aromatic nitrogens is 4. The summed E-state index contributed by atoms with van der Waals surface area (Å²) in [4.78, 5) is 17.0. The number of carbonyl (C=O) groups is 1. The van der Waals surface area contributed by atoms with Gasteiger partial charge in [0.15, 0.2) is 0 Å². The lowest BCUT2D eigenvalue weighted by Crippen LogP contribution is -2.41. The van der Waals surface area contributed by atoms with Crippen molar-refractivity contribution in [1.29, 1.82) is 0 Å². The molecule has 3 rings (SSSR count). The van der Waals surface area contributed by atoms with Crippen LogP contribution in [0.15, 0.2) is 30.7 Å². The Hall–Kier alpha value is -2.24. The van der Waals surface area contributed by atoms with Crippen molar-refractivity contribution in [3.8, 4) is 11.3 Å². The van der Waals surface area contributed by atoms with E-state index in [2.05, 4.69) is 15.3 Å². The molecular formula is C14H17N5O. The Kier molecular flexibility index (Phi) is 3.71. The second-order valence-corrected chi connectivity index (χ2v) is 5.06. The smallest absolute Gasteiger partial charge is 0.210 e. The van der Waals surface area contributed by atoms with Crippen LogP contribution in [0.3, 0.4) is 0 Å². The van der Waals surface area contributed by atoms with Gasteiger partial charge in [0.05, 0.1) is 18.8 Å². The topological polar surface area (TPSA) is 63.9 Å². The van der Waals surface area contributed by atoms with Crippen LogP contribution in [-0.2, 0) is 11.3 Å². The number of amides is 1. The van der Waals surface area contributed by atoms with Crippen LogP contribution in [0.4, 0.5) is 0 Å². The van der Waals surface area contributed by atoms with Crippen molar-refractivity contribution in [2.24, 2.45) is 0 Å². The van der Waals surface area contributed by atoms with Crippen molar-refractivity contribution in [2.75, 3.05) is 6.54 Å². The second-order valence-electron chi connectivity index (χ2n) is 5.06. The first-order valence-corrected chi connectivity index (χ1v) is 6.88. The van der Waals surface area contributed by atoms with Crippen LogP contribution >= 0.6 is 0 Å². The van der Waals surface area contributed by atoms with Crippen molar-refractivity contribution < 1.29 is 4.79 Å². The average Bonchev–Trinajstić information content (AvgIpc) is 2.97. The van der Waals surface area contributed by atoms with E-state index in [1.807, 2.05) is 27.9 Å². The molecule has 1 saturated heterocycles. The number of rotatable bonds is 4. The Bertz CT molecular complexity index is 568. The lowest BCUT2D eigenvalue weighted by atomic mass is 10.0. The van der Waals surface area contributed by atoms with Gasteiger partial charge in [-0.05, 0) is 31.4 Å². The zero-order valence-corrected chi connectivity index (χ0v) is 11.2. The Morgan fingerprint density at radius 3 is 3.15 bits per heavy atom. The Labute approximate surface area is 117 Å². The third-order valence-corrected chi connectivity index (χ3v) is 3.70. The minimum atomic E-state index is 0.227. The van der Waals surface area contributed by atoms with Gasteiger partial charge in [0, 0.05) is 24.5 Å². The van der Waals surface area contributed by atoms with Gasteiger partial charge in [-0.25, -0.2) is 4.68 Å². The third kappa shape index (κ3) is 2.68. The van der Waals surface area contributed by atoms with Gasteiger partial charge in [0.25, 0.3) is 0 Å². The lowest BCUT2D eigenvalue weighted by Gasteiger charge is -2.32. The summed E-state index contributed by atoms with van der Waals surface area (Å²) in [6.45, 7) is 1.55. The molecule has 1 aliphatic rings. The highest BCUT2D eigenvalue weighted by molar-refractivity contribution is 5.55. The molecule has 0 radical (unpaired) electrons. The van der Waals surface area contributed by atoms with E-state index in [0.717, 1.165) is 37.1 Å². The zero-order valence-electron chi connectivity index (χ0n) is 11.2. The Balaban J connectivity index is 1.72. The Morgan fingerprint density at radius 1 is 1.40 bits per heavy atom. The average molecular weight is 271 g/mol. The van der Waals surface area contributed by atoms with E-state index in [9.17, 15) is 4.79 Å². The SMILES string of the molecule is O=CN1CCCCC1Cn1cc(-c2cccnc2)nn1. The Morgan fingerprint density at radius 2 is 2.35 bits per heavy atom. The number of likely N-dealkylation sites (tertiary alicyclic amines) is 1. The van der Waals surface area contributed by atoms with Crippen LogP contribution < -0.4 is 0 Å². The normalized spacial score (nSPS) is 19.0. The standard InChI is InChI=1S/C14H17N5O/c20-11-18-7-2-1-5-13(18)9-19-10-14(16-17-19)12-4-3-6-15-8-12/h3-4,6,8,10-11,13H,1-2,5,7,9H2. The fourth-order valence-corrected chi connectivity index (χ4v) is 2.61. The molecule has 0 spiro atoms. The van der Waals surface area contributed by atoms with E-state index < -0.39 is 0 Å². The first-order valence-electron chi connectivity index (χ1n) is 6.88. The fourth-order valence-electron chi connectivity index (χ4n) is 2.61. The summed E-state index contributed by atoms with van der Waals surface area (Å²) < 4.78 is 1.81. The summed E-state index contributed by atoms with van der Waals surface area (Å²) in [5.41, 5.74) is 1.77. The number of hydrogen-bond acceptors (Lipinski definition) is 4. The maximum absolute atomic E-state index is 11.1. The lowest BCUT2D eigenvalue weighted by molar-refractivity contribution is -0.121. The summed E-state index contributed by atoms with van der Waals surface area (Å²) in [7, 11) is 0. The molecule has 0 bridgehead atoms. The van der Waals surface area contributed by atoms with Crippen molar-refractivity contribution in [3.63, 3.8) is 0 Å². The van der Waals surface area contributed by atoms with Gasteiger partial charge < -0.3 is 4.90 Å². The molecule has 6 heteroatoms. The number of hydrogen-bond donors (Lipinski definition) is 0. The molecule has 2 aromatic heterocycles. The molecule has 1 aliphatic heterocycles. The van der Waals surface area contributed by atoms with Crippen molar-refractivity contribution >= 4 is 6.41 Å².